The number of fused-ring (bicyclic) bond motifs is 2. The maximum atomic E-state index is 12.9. The molecule has 0 N–H and O–H groups in total. The molecule has 2 heterocycles. The number of hydrogen-bond donors (Lipinski definition) is 0. The third-order valence-electron chi connectivity index (χ3n) is 4.58. The molecule has 0 saturated heterocycles. The van der Waals surface area contributed by atoms with Crippen LogP contribution in [0.4, 0.5) is 5.69 Å². The SMILES string of the molecule is CC(=O)N1C(=O)/C(=C/c2nn(C(C)=O)c3ccccc3c2=O)c2ccccc21. The van der Waals surface area contributed by atoms with E-state index in [2.05, 4.69) is 5.10 Å². The number of nitrogens with zero attached hydrogens (tertiary/aromatic N) is 3. The van der Waals surface area contributed by atoms with E-state index in [9.17, 15) is 19.2 Å². The normalized spacial score (nSPS) is 14.6. The fourth-order valence-electron chi connectivity index (χ4n) is 3.36. The van der Waals surface area contributed by atoms with Crippen LogP contribution >= 0.6 is 0 Å². The van der Waals surface area contributed by atoms with Crippen LogP contribution in [-0.2, 0) is 9.59 Å². The Morgan fingerprint density at radius 2 is 1.61 bits per heavy atom. The van der Waals surface area contributed by atoms with Crippen molar-refractivity contribution in [3.05, 3.63) is 70.0 Å². The second-order valence-electron chi connectivity index (χ2n) is 6.40. The molecule has 0 bridgehead atoms. The molecule has 1 aliphatic heterocycles. The molecule has 4 rings (SSSR count). The Hall–Kier alpha value is -3.87. The van der Waals surface area contributed by atoms with E-state index in [1.165, 1.54) is 19.9 Å². The van der Waals surface area contributed by atoms with Crippen molar-refractivity contribution in [3.63, 3.8) is 0 Å². The number of benzene rings is 2. The fraction of sp³-hybridized carbons (Fsp3) is 0.0952. The van der Waals surface area contributed by atoms with Crippen LogP contribution in [0.1, 0.15) is 29.9 Å². The van der Waals surface area contributed by atoms with Crippen molar-refractivity contribution in [1.29, 1.82) is 0 Å². The van der Waals surface area contributed by atoms with Gasteiger partial charge >= 0.3 is 0 Å². The van der Waals surface area contributed by atoms with E-state index in [1.807, 2.05) is 0 Å². The molecule has 3 aromatic rings. The molecular weight excluding hydrogens is 358 g/mol. The number of carbonyl (C=O) groups is 3. The highest BCUT2D eigenvalue weighted by Gasteiger charge is 2.35. The highest BCUT2D eigenvalue weighted by Crippen LogP contribution is 2.37. The molecule has 0 spiro atoms. The van der Waals surface area contributed by atoms with Gasteiger partial charge in [-0.1, -0.05) is 30.3 Å². The standard InChI is InChI=1S/C21H15N3O4/c1-12(25)23-18-9-5-3-7-14(18)16(21(23)28)11-17-20(27)15-8-4-6-10-19(15)24(22-17)13(2)26/h3-11H,1-2H3/b16-11+. The molecule has 0 fully saturated rings. The number of rotatable bonds is 1. The van der Waals surface area contributed by atoms with Crippen molar-refractivity contribution in [2.75, 3.05) is 4.90 Å². The van der Waals surface area contributed by atoms with Gasteiger partial charge in [0.25, 0.3) is 5.91 Å². The van der Waals surface area contributed by atoms with E-state index < -0.39 is 17.2 Å². The number of para-hydroxylation sites is 2. The van der Waals surface area contributed by atoms with Crippen molar-refractivity contribution in [2.24, 2.45) is 0 Å². The first-order valence-electron chi connectivity index (χ1n) is 8.59. The molecule has 138 valence electrons. The lowest BCUT2D eigenvalue weighted by Crippen LogP contribution is -2.31. The topological polar surface area (TPSA) is 89.3 Å². The van der Waals surface area contributed by atoms with Gasteiger partial charge in [-0.15, -0.1) is 0 Å². The largest absolute Gasteiger partial charge is 0.287 e. The third kappa shape index (κ3) is 2.56. The van der Waals surface area contributed by atoms with Crippen LogP contribution in [0.3, 0.4) is 0 Å². The van der Waals surface area contributed by atoms with Gasteiger partial charge in [-0.3, -0.25) is 19.2 Å². The van der Waals surface area contributed by atoms with Gasteiger partial charge in [-0.25, -0.2) is 4.90 Å². The summed E-state index contributed by atoms with van der Waals surface area (Å²) >= 11 is 0. The summed E-state index contributed by atoms with van der Waals surface area (Å²) in [6.45, 7) is 2.64. The van der Waals surface area contributed by atoms with E-state index in [0.717, 1.165) is 9.58 Å². The number of hydrogen-bond acceptors (Lipinski definition) is 5. The molecule has 7 nitrogen and oxygen atoms in total. The number of carbonyl (C=O) groups excluding carboxylic acids is 3. The summed E-state index contributed by atoms with van der Waals surface area (Å²) < 4.78 is 1.14. The van der Waals surface area contributed by atoms with Crippen LogP contribution in [0, 0.1) is 0 Å². The third-order valence-corrected chi connectivity index (χ3v) is 4.58. The predicted octanol–water partition coefficient (Wildman–Crippen LogP) is 2.49. The maximum absolute atomic E-state index is 12.9. The van der Waals surface area contributed by atoms with Gasteiger partial charge in [0.1, 0.15) is 5.69 Å². The summed E-state index contributed by atoms with van der Waals surface area (Å²) in [5.41, 5.74) is 1.13. The molecule has 1 aromatic heterocycles. The van der Waals surface area contributed by atoms with Gasteiger partial charge in [-0.05, 0) is 24.3 Å². The number of amides is 2. The number of aromatic nitrogens is 2. The molecular formula is C21H15N3O4. The van der Waals surface area contributed by atoms with E-state index in [1.54, 1.807) is 48.5 Å². The second-order valence-corrected chi connectivity index (χ2v) is 6.40. The Kier molecular flexibility index (Phi) is 4.00. The second kappa shape index (κ2) is 6.38. The molecule has 7 heteroatoms. The zero-order chi connectivity index (χ0) is 20.0. The van der Waals surface area contributed by atoms with Crippen molar-refractivity contribution in [1.82, 2.24) is 9.78 Å². The van der Waals surface area contributed by atoms with Crippen LogP contribution in [0.5, 0.6) is 0 Å². The van der Waals surface area contributed by atoms with Crippen molar-refractivity contribution in [3.8, 4) is 0 Å². The minimum atomic E-state index is -0.530. The number of imide groups is 1. The highest BCUT2D eigenvalue weighted by atomic mass is 16.2. The van der Waals surface area contributed by atoms with Crippen LogP contribution in [-0.4, -0.2) is 27.5 Å². The average molecular weight is 373 g/mol. The van der Waals surface area contributed by atoms with Crippen molar-refractivity contribution in [2.45, 2.75) is 13.8 Å². The fourth-order valence-corrected chi connectivity index (χ4v) is 3.36. The summed E-state index contributed by atoms with van der Waals surface area (Å²) in [5.74, 6) is -1.31. The molecule has 0 radical (unpaired) electrons. The smallest absolute Gasteiger partial charge is 0.265 e. The first kappa shape index (κ1) is 17.5. The van der Waals surface area contributed by atoms with Crippen LogP contribution in [0.2, 0.25) is 0 Å². The van der Waals surface area contributed by atoms with Crippen LogP contribution < -0.4 is 10.3 Å². The summed E-state index contributed by atoms with van der Waals surface area (Å²) in [6.07, 6.45) is 1.35. The van der Waals surface area contributed by atoms with Gasteiger partial charge in [0.15, 0.2) is 0 Å². The number of anilines is 1. The molecule has 0 saturated carbocycles. The maximum Gasteiger partial charge on any atom is 0.265 e. The molecule has 0 unspecified atom stereocenters. The van der Waals surface area contributed by atoms with E-state index >= 15 is 0 Å². The molecule has 0 aliphatic carbocycles. The molecule has 28 heavy (non-hydrogen) atoms. The average Bonchev–Trinajstić information content (AvgIpc) is 2.95. The molecule has 2 aromatic carbocycles. The molecule has 2 amide bonds. The molecule has 1 aliphatic rings. The Morgan fingerprint density at radius 3 is 2.32 bits per heavy atom. The summed E-state index contributed by atoms with van der Waals surface area (Å²) in [5, 5.41) is 4.48. The monoisotopic (exact) mass is 373 g/mol. The first-order chi connectivity index (χ1) is 13.4. The van der Waals surface area contributed by atoms with Gasteiger partial charge < -0.3 is 0 Å². The highest BCUT2D eigenvalue weighted by molar-refractivity contribution is 6.41. The Morgan fingerprint density at radius 1 is 0.929 bits per heavy atom. The summed E-state index contributed by atoms with van der Waals surface area (Å²) in [4.78, 5) is 50.8. The minimum Gasteiger partial charge on any atom is -0.287 e. The lowest BCUT2D eigenvalue weighted by atomic mass is 10.1. The van der Waals surface area contributed by atoms with E-state index in [-0.39, 0.29) is 17.2 Å². The quantitative estimate of drug-likeness (QED) is 0.612. The first-order valence-corrected chi connectivity index (χ1v) is 8.59. The van der Waals surface area contributed by atoms with Crippen molar-refractivity contribution >= 4 is 46.0 Å². The summed E-state index contributed by atoms with van der Waals surface area (Å²) in [6, 6.07) is 13.5. The van der Waals surface area contributed by atoms with E-state index in [4.69, 9.17) is 0 Å². The summed E-state index contributed by atoms with van der Waals surface area (Å²) in [7, 11) is 0. The minimum absolute atomic E-state index is 0.0440. The van der Waals surface area contributed by atoms with Gasteiger partial charge in [0.05, 0.1) is 22.2 Å². The van der Waals surface area contributed by atoms with Crippen LogP contribution in [0.25, 0.3) is 22.6 Å². The predicted molar refractivity (Wildman–Crippen MR) is 105 cm³/mol. The van der Waals surface area contributed by atoms with Crippen molar-refractivity contribution < 1.29 is 14.4 Å². The zero-order valence-corrected chi connectivity index (χ0v) is 15.2. The lowest BCUT2D eigenvalue weighted by Gasteiger charge is -2.11. The Balaban J connectivity index is 2.00. The van der Waals surface area contributed by atoms with Crippen LogP contribution in [0.15, 0.2) is 53.3 Å². The Bertz CT molecular complexity index is 1270. The molecule has 0 atom stereocenters. The van der Waals surface area contributed by atoms with Gasteiger partial charge in [0.2, 0.25) is 17.2 Å². The lowest BCUT2D eigenvalue weighted by molar-refractivity contribution is -0.122. The van der Waals surface area contributed by atoms with Gasteiger partial charge in [0, 0.05) is 19.4 Å². The zero-order valence-electron chi connectivity index (χ0n) is 15.2. The Labute approximate surface area is 159 Å². The van der Waals surface area contributed by atoms with Gasteiger partial charge in [-0.2, -0.15) is 9.78 Å². The van der Waals surface area contributed by atoms with E-state index in [0.29, 0.717) is 22.2 Å².